The first-order chi connectivity index (χ1) is 31.3. The van der Waals surface area contributed by atoms with Crippen molar-refractivity contribution in [2.24, 2.45) is 0 Å². The van der Waals surface area contributed by atoms with Gasteiger partial charge in [-0.25, -0.2) is 0 Å². The van der Waals surface area contributed by atoms with Crippen LogP contribution in [-0.2, 0) is 0 Å². The summed E-state index contributed by atoms with van der Waals surface area (Å²) in [7, 11) is 0. The number of hydrogen-bond acceptors (Lipinski definition) is 2. The predicted octanol–water partition coefficient (Wildman–Crippen LogP) is 14.1. The van der Waals surface area contributed by atoms with E-state index in [1.54, 1.807) is 0 Å². The first kappa shape index (κ1) is 36.7. The molecular weight excluding hydrogens is 759 g/mol. The second-order valence-corrected chi connectivity index (χ2v) is 16.5. The topological polar surface area (TPSA) is 6.48 Å². The van der Waals surface area contributed by atoms with Crippen LogP contribution >= 0.6 is 0 Å². The van der Waals surface area contributed by atoms with Crippen molar-refractivity contribution >= 4 is 57.2 Å². The van der Waals surface area contributed by atoms with Gasteiger partial charge in [0.05, 0.1) is 0 Å². The lowest BCUT2D eigenvalue weighted by molar-refractivity contribution is 1.25. The Morgan fingerprint density at radius 3 is 1.17 bits per heavy atom. The smallest absolute Gasteiger partial charge is 0.252 e. The van der Waals surface area contributed by atoms with Gasteiger partial charge in [0.15, 0.2) is 0 Å². The molecule has 0 saturated heterocycles. The van der Waals surface area contributed by atoms with Crippen molar-refractivity contribution in [1.29, 1.82) is 0 Å². The average Bonchev–Trinajstić information content (AvgIpc) is 3.37. The van der Waals surface area contributed by atoms with Gasteiger partial charge >= 0.3 is 0 Å². The fourth-order valence-corrected chi connectivity index (χ4v) is 9.91. The van der Waals surface area contributed by atoms with Crippen molar-refractivity contribution in [3.8, 4) is 55.6 Å². The molecule has 2 nitrogen and oxygen atoms in total. The zero-order valence-electron chi connectivity index (χ0n) is 34.6. The predicted molar refractivity (Wildman–Crippen MR) is 268 cm³/mol. The molecule has 0 unspecified atom stereocenters. The molecule has 12 rings (SSSR count). The zero-order valence-corrected chi connectivity index (χ0v) is 34.6. The van der Waals surface area contributed by atoms with Crippen molar-refractivity contribution in [3.05, 3.63) is 249 Å². The molecule has 0 saturated carbocycles. The van der Waals surface area contributed by atoms with Crippen LogP contribution in [0, 0.1) is 0 Å². The van der Waals surface area contributed by atoms with E-state index in [0.29, 0.717) is 0 Å². The van der Waals surface area contributed by atoms with Crippen LogP contribution in [0.2, 0.25) is 0 Å². The van der Waals surface area contributed by atoms with Crippen molar-refractivity contribution in [2.75, 3.05) is 9.80 Å². The highest BCUT2D eigenvalue weighted by atomic mass is 15.2. The lowest BCUT2D eigenvalue weighted by Crippen LogP contribution is -2.61. The summed E-state index contributed by atoms with van der Waals surface area (Å²) in [5, 5.41) is 0. The Balaban J connectivity index is 1.16. The van der Waals surface area contributed by atoms with Gasteiger partial charge < -0.3 is 9.80 Å². The van der Waals surface area contributed by atoms with Crippen molar-refractivity contribution in [2.45, 2.75) is 0 Å². The summed E-state index contributed by atoms with van der Waals surface area (Å²) in [6, 6.07) is 91.1. The van der Waals surface area contributed by atoms with Crippen molar-refractivity contribution in [1.82, 2.24) is 0 Å². The highest BCUT2D eigenvalue weighted by molar-refractivity contribution is 7.00. The lowest BCUT2D eigenvalue weighted by Gasteiger charge is -2.45. The van der Waals surface area contributed by atoms with E-state index in [9.17, 15) is 0 Å². The third kappa shape index (κ3) is 6.37. The maximum Gasteiger partial charge on any atom is 0.252 e. The fraction of sp³-hybridized carbons (Fsp3) is 0. The fourth-order valence-electron chi connectivity index (χ4n) is 9.91. The number of fused-ring (bicyclic) bond motifs is 4. The van der Waals surface area contributed by atoms with Crippen LogP contribution in [0.25, 0.3) is 55.6 Å². The van der Waals surface area contributed by atoms with Crippen LogP contribution in [0.4, 0.5) is 34.1 Å². The van der Waals surface area contributed by atoms with Gasteiger partial charge in [0.25, 0.3) is 6.71 Å². The van der Waals surface area contributed by atoms with Gasteiger partial charge in [-0.3, -0.25) is 0 Å². The summed E-state index contributed by atoms with van der Waals surface area (Å²) in [6.07, 6.45) is 0. The molecule has 0 spiro atoms. The Morgan fingerprint density at radius 2 is 0.651 bits per heavy atom. The molecule has 2 aliphatic rings. The van der Waals surface area contributed by atoms with Crippen LogP contribution in [0.3, 0.4) is 0 Å². The van der Waals surface area contributed by atoms with Gasteiger partial charge in [0, 0.05) is 39.7 Å². The molecule has 3 heteroatoms. The highest BCUT2D eigenvalue weighted by Crippen LogP contribution is 2.49. The average molecular weight is 801 g/mol. The van der Waals surface area contributed by atoms with Gasteiger partial charge in [-0.05, 0) is 109 Å². The molecule has 10 aromatic rings. The summed E-state index contributed by atoms with van der Waals surface area (Å²) in [4.78, 5) is 5.08. The Bertz CT molecular complexity index is 3240. The molecule has 0 amide bonds. The van der Waals surface area contributed by atoms with Crippen molar-refractivity contribution < 1.29 is 0 Å². The Hall–Kier alpha value is -8.14. The molecule has 0 aliphatic carbocycles. The first-order valence-corrected chi connectivity index (χ1v) is 21.8. The summed E-state index contributed by atoms with van der Waals surface area (Å²) in [5.74, 6) is 0. The minimum Gasteiger partial charge on any atom is -0.311 e. The maximum atomic E-state index is 2.55. The van der Waals surface area contributed by atoms with E-state index in [0.717, 1.165) is 11.4 Å². The van der Waals surface area contributed by atoms with E-state index in [-0.39, 0.29) is 6.71 Å². The Labute approximate surface area is 369 Å². The molecule has 0 bridgehead atoms. The van der Waals surface area contributed by atoms with E-state index in [2.05, 4.69) is 259 Å². The summed E-state index contributed by atoms with van der Waals surface area (Å²) >= 11 is 0. The van der Waals surface area contributed by atoms with Crippen LogP contribution in [0.1, 0.15) is 0 Å². The highest BCUT2D eigenvalue weighted by Gasteiger charge is 2.44. The first-order valence-electron chi connectivity index (χ1n) is 21.8. The zero-order chi connectivity index (χ0) is 41.7. The van der Waals surface area contributed by atoms with Crippen LogP contribution < -0.4 is 26.2 Å². The number of anilines is 6. The molecule has 2 heterocycles. The second-order valence-electron chi connectivity index (χ2n) is 16.5. The monoisotopic (exact) mass is 800 g/mol. The maximum absolute atomic E-state index is 2.55. The summed E-state index contributed by atoms with van der Waals surface area (Å²) in [6.45, 7) is -0.0296. The largest absolute Gasteiger partial charge is 0.311 e. The minimum atomic E-state index is -0.0296. The van der Waals surface area contributed by atoms with E-state index in [4.69, 9.17) is 0 Å². The molecule has 0 N–H and O–H groups in total. The normalized spacial score (nSPS) is 12.3. The number of hydrogen-bond donors (Lipinski definition) is 0. The number of para-hydroxylation sites is 1. The van der Waals surface area contributed by atoms with Gasteiger partial charge in [0.1, 0.15) is 0 Å². The van der Waals surface area contributed by atoms with Crippen LogP contribution in [-0.4, -0.2) is 6.71 Å². The third-order valence-electron chi connectivity index (χ3n) is 12.9. The van der Waals surface area contributed by atoms with E-state index < -0.39 is 0 Å². The Kier molecular flexibility index (Phi) is 8.97. The molecule has 0 radical (unpaired) electrons. The van der Waals surface area contributed by atoms with Crippen LogP contribution in [0.15, 0.2) is 249 Å². The van der Waals surface area contributed by atoms with Gasteiger partial charge in [0.2, 0.25) is 0 Å². The molecule has 0 atom stereocenters. The number of nitrogens with zero attached hydrogens (tertiary/aromatic N) is 2. The second kappa shape index (κ2) is 15.4. The minimum absolute atomic E-state index is 0.0296. The molecule has 294 valence electrons. The summed E-state index contributed by atoms with van der Waals surface area (Å²) < 4.78 is 0. The van der Waals surface area contributed by atoms with Gasteiger partial charge in [-0.2, -0.15) is 0 Å². The molecule has 2 aliphatic heterocycles. The Morgan fingerprint density at radius 1 is 0.254 bits per heavy atom. The third-order valence-corrected chi connectivity index (χ3v) is 12.9. The standard InChI is InChI=1S/C60H41BN2/c1-6-17-42(18-7-1)46-29-34-51(35-30-46)62-56-39-49(44-21-10-3-11-22-44)33-38-54(56)61-55-28-16-27-53(48-25-14-5-15-26-48)60(55)63(52-36-31-47(32-37-52)43-19-8-2-9-20-43)58-41-50(40-57(62)59(58)61)45-23-12-4-13-24-45/h1-41H. The molecular formula is C60H41BN2. The lowest BCUT2D eigenvalue weighted by atomic mass is 9.33. The van der Waals surface area contributed by atoms with Gasteiger partial charge in [-0.15, -0.1) is 0 Å². The van der Waals surface area contributed by atoms with E-state index >= 15 is 0 Å². The molecule has 0 fully saturated rings. The summed E-state index contributed by atoms with van der Waals surface area (Å²) in [5.41, 5.74) is 22.8. The number of rotatable bonds is 7. The van der Waals surface area contributed by atoms with E-state index in [1.165, 1.54) is 94.8 Å². The van der Waals surface area contributed by atoms with Gasteiger partial charge in [-0.1, -0.05) is 206 Å². The molecule has 0 aromatic heterocycles. The van der Waals surface area contributed by atoms with Crippen molar-refractivity contribution in [3.63, 3.8) is 0 Å². The van der Waals surface area contributed by atoms with E-state index in [1.807, 2.05) is 0 Å². The SMILES string of the molecule is c1ccc(-c2ccc(N3c4cc(-c5ccccc5)ccc4B4c5cccc(-c6ccccc6)c5N(c5ccc(-c6ccccc6)cc5)c5cc(-c6ccccc6)cc3c54)cc2)cc1. The quantitative estimate of drug-likeness (QED) is 0.148. The van der Waals surface area contributed by atoms with Crippen LogP contribution in [0.5, 0.6) is 0 Å². The molecule has 63 heavy (non-hydrogen) atoms. The number of benzene rings is 10. The molecule has 10 aromatic carbocycles.